The van der Waals surface area contributed by atoms with Crippen LogP contribution in [-0.4, -0.2) is 92.0 Å². The number of hydrogen-bond acceptors (Lipinski definition) is 8. The third-order valence-corrected chi connectivity index (χ3v) is 14.6. The minimum Gasteiger partial charge on any atom is -0.496 e. The van der Waals surface area contributed by atoms with Crippen LogP contribution in [0.15, 0.2) is 97.1 Å². The van der Waals surface area contributed by atoms with E-state index in [9.17, 15) is 21.6 Å². The summed E-state index contributed by atoms with van der Waals surface area (Å²) in [7, 11) is -3.18. The van der Waals surface area contributed by atoms with Gasteiger partial charge in [-0.05, 0) is 108 Å². The van der Waals surface area contributed by atoms with Crippen LogP contribution in [-0.2, 0) is 48.5 Å². The van der Waals surface area contributed by atoms with Gasteiger partial charge in [-0.2, -0.15) is 0 Å². The summed E-state index contributed by atoms with van der Waals surface area (Å²) in [6.07, 6.45) is 5.66. The van der Waals surface area contributed by atoms with Gasteiger partial charge >= 0.3 is 0 Å². The van der Waals surface area contributed by atoms with Crippen molar-refractivity contribution in [1.82, 2.24) is 9.80 Å². The van der Waals surface area contributed by atoms with E-state index in [1.165, 1.54) is 17.4 Å². The summed E-state index contributed by atoms with van der Waals surface area (Å²) in [4.78, 5) is 17.3. The fraction of sp³-hybridized carbons (Fsp3) is 0.457. The molecule has 4 aliphatic rings. The Morgan fingerprint density at radius 1 is 0.644 bits per heavy atom. The van der Waals surface area contributed by atoms with Crippen LogP contribution in [0.5, 0.6) is 11.5 Å². The normalized spacial score (nSPS) is 25.6. The molecule has 4 unspecified atom stereocenters. The highest BCUT2D eigenvalue weighted by Gasteiger charge is 2.66. The van der Waals surface area contributed by atoms with E-state index < -0.39 is 20.0 Å². The maximum atomic E-state index is 12.8. The number of benzene rings is 4. The Morgan fingerprint density at radius 2 is 1.08 bits per heavy atom. The van der Waals surface area contributed by atoms with E-state index in [0.717, 1.165) is 74.4 Å². The van der Waals surface area contributed by atoms with E-state index in [0.29, 0.717) is 47.9 Å². The van der Waals surface area contributed by atoms with Crippen molar-refractivity contribution in [3.05, 3.63) is 119 Å². The van der Waals surface area contributed by atoms with Crippen LogP contribution in [0.4, 0.5) is 11.4 Å². The lowest BCUT2D eigenvalue weighted by Crippen LogP contribution is -2.34. The maximum absolute atomic E-state index is 12.8. The summed E-state index contributed by atoms with van der Waals surface area (Å²) < 4.78 is 62.1. The van der Waals surface area contributed by atoms with E-state index in [-0.39, 0.29) is 16.7 Å². The lowest BCUT2D eigenvalue weighted by atomic mass is 9.92. The van der Waals surface area contributed by atoms with Gasteiger partial charge in [0.25, 0.3) is 0 Å². The first-order valence-corrected chi connectivity index (χ1v) is 24.2. The minimum absolute atomic E-state index is 0.00533. The number of sulfonamides is 2. The van der Waals surface area contributed by atoms with Gasteiger partial charge in [0.2, 0.25) is 26.0 Å². The number of carbonyl (C=O) groups excluding carboxylic acids is 1. The lowest BCUT2D eigenvalue weighted by molar-refractivity contribution is -0.130. The van der Waals surface area contributed by atoms with Crippen molar-refractivity contribution in [3.63, 3.8) is 0 Å². The van der Waals surface area contributed by atoms with Crippen molar-refractivity contribution < 1.29 is 31.1 Å². The highest BCUT2D eigenvalue weighted by Crippen LogP contribution is 2.64. The van der Waals surface area contributed by atoms with Crippen molar-refractivity contribution in [2.75, 3.05) is 68.9 Å². The molecule has 59 heavy (non-hydrogen) atoms. The first-order chi connectivity index (χ1) is 28.0. The smallest absolute Gasteiger partial charge is 0.229 e. The first-order valence-electron chi connectivity index (χ1n) is 20.4. The summed E-state index contributed by atoms with van der Waals surface area (Å²) in [5.74, 6) is 4.13. The fourth-order valence-corrected chi connectivity index (χ4v) is 11.2. The monoisotopic (exact) mass is 842 g/mol. The van der Waals surface area contributed by atoms with E-state index in [2.05, 4.69) is 52.5 Å². The van der Waals surface area contributed by atoms with Gasteiger partial charge in [-0.15, -0.1) is 0 Å². The van der Waals surface area contributed by atoms with E-state index in [4.69, 9.17) is 9.47 Å². The van der Waals surface area contributed by atoms with Crippen LogP contribution < -0.4 is 18.9 Å². The Hall–Kier alpha value is -4.59. The second kappa shape index (κ2) is 16.8. The quantitative estimate of drug-likeness (QED) is 0.138. The summed E-state index contributed by atoms with van der Waals surface area (Å²) in [5.41, 5.74) is 6.11. The van der Waals surface area contributed by atoms with Crippen LogP contribution in [0, 0.1) is 23.7 Å². The molecular weight excluding hydrogens is 785 g/mol. The summed E-state index contributed by atoms with van der Waals surface area (Å²) in [6.45, 7) is 9.42. The molecule has 2 saturated carbocycles. The molecule has 13 heteroatoms. The zero-order valence-electron chi connectivity index (χ0n) is 35.0. The Balaban J connectivity index is 0.000000179. The number of hydrogen-bond donors (Lipinski definition) is 2. The van der Waals surface area contributed by atoms with Gasteiger partial charge in [0.15, 0.2) is 0 Å². The van der Waals surface area contributed by atoms with Gasteiger partial charge in [0.05, 0.1) is 26.7 Å². The molecule has 2 saturated heterocycles. The topological polar surface area (TPSA) is 134 Å². The third-order valence-electron chi connectivity index (χ3n) is 13.4. The Kier molecular flexibility index (Phi) is 12.1. The van der Waals surface area contributed by atoms with Gasteiger partial charge in [0.1, 0.15) is 11.5 Å². The van der Waals surface area contributed by atoms with Crippen molar-refractivity contribution in [1.29, 1.82) is 0 Å². The number of methoxy groups -OCH3 is 2. The second-order valence-electron chi connectivity index (χ2n) is 17.2. The van der Waals surface area contributed by atoms with E-state index in [1.807, 2.05) is 71.6 Å². The molecule has 2 heterocycles. The van der Waals surface area contributed by atoms with Crippen LogP contribution in [0.3, 0.4) is 0 Å². The van der Waals surface area contributed by atoms with Crippen molar-refractivity contribution in [2.24, 2.45) is 23.7 Å². The first kappa shape index (κ1) is 42.5. The number of ether oxygens (including phenoxy) is 2. The number of piperidine rings is 2. The number of nitrogens with zero attached hydrogens (tertiary/aromatic N) is 2. The molecule has 4 aromatic carbocycles. The van der Waals surface area contributed by atoms with Crippen LogP contribution in [0.25, 0.3) is 0 Å². The van der Waals surface area contributed by atoms with Crippen molar-refractivity contribution >= 4 is 37.3 Å². The average Bonchev–Trinajstić information content (AvgIpc) is 3.66. The second-order valence-corrected chi connectivity index (χ2v) is 20.7. The van der Waals surface area contributed by atoms with Gasteiger partial charge in [-0.1, -0.05) is 74.5 Å². The number of amides is 1. The van der Waals surface area contributed by atoms with Gasteiger partial charge in [-0.25, -0.2) is 16.8 Å². The van der Waals surface area contributed by atoms with Gasteiger partial charge in [-0.3, -0.25) is 14.2 Å². The molecule has 11 nitrogen and oxygen atoms in total. The third kappa shape index (κ3) is 9.42. The summed E-state index contributed by atoms with van der Waals surface area (Å²) >= 11 is 0. The number of nitrogens with one attached hydrogen (secondary N) is 2. The highest BCUT2D eigenvalue weighted by atomic mass is 32.2. The van der Waals surface area contributed by atoms with Crippen LogP contribution in [0.2, 0.25) is 0 Å². The zero-order chi connectivity index (χ0) is 42.2. The summed E-state index contributed by atoms with van der Waals surface area (Å²) in [5, 5.41) is 0. The average molecular weight is 843 g/mol. The Labute approximate surface area is 350 Å². The van der Waals surface area contributed by atoms with E-state index >= 15 is 0 Å². The predicted octanol–water partition coefficient (Wildman–Crippen LogP) is 6.56. The largest absolute Gasteiger partial charge is 0.496 e. The fourth-order valence-electron chi connectivity index (χ4n) is 10.1. The number of anilines is 2. The van der Waals surface area contributed by atoms with Gasteiger partial charge in [0, 0.05) is 54.8 Å². The molecule has 4 atom stereocenters. The molecule has 0 aromatic heterocycles. The predicted molar refractivity (Wildman–Crippen MR) is 234 cm³/mol. The number of carbonyl (C=O) groups is 1. The van der Waals surface area contributed by atoms with Crippen LogP contribution >= 0.6 is 0 Å². The molecule has 0 radical (unpaired) electrons. The Morgan fingerprint density at radius 3 is 1.54 bits per heavy atom. The molecule has 2 N–H and O–H groups in total. The molecule has 4 aromatic rings. The molecule has 0 spiro atoms. The number of aryl methyl sites for hydroxylation is 2. The number of likely N-dealkylation sites (tertiary alicyclic amines) is 2. The number of rotatable bonds is 15. The standard InChI is InChI=1S/C23H28N2O4S.C23H30N2O3S/c1-23(17-8-6-9-18(13-17)24-30(3,27)28)19-14-25(15-20(19)23)22(26)12-11-16-7-4-5-10-21(16)29-2;1-23(18-10-6-11-19(14-18)24-29(3,26)27)20-15-25(16-21(20)23)13-7-9-17-8-4-5-12-22(17)28-2/h4-10,13,19-20,24H,11-12,14-15H2,1-3H3;4-6,8,10-12,14,20-21,24H,7,9,13,15-16H2,1-3H3. The molecule has 4 fully saturated rings. The van der Waals surface area contributed by atoms with Crippen molar-refractivity contribution in [2.45, 2.75) is 50.4 Å². The Bertz CT molecular complexity index is 2360. The van der Waals surface area contributed by atoms with Crippen molar-refractivity contribution in [3.8, 4) is 11.5 Å². The molecule has 8 rings (SSSR count). The molecule has 2 aliphatic carbocycles. The molecule has 316 valence electrons. The molecular formula is C46H58N4O7S2. The number of para-hydroxylation sites is 2. The SMILES string of the molecule is COc1ccccc1CCC(=O)N1CC2C(C1)C2(C)c1cccc(NS(C)(=O)=O)c1.COc1ccccc1CCCN1CC2C(C1)C2(C)c1cccc(NS(C)(=O)=O)c1. The molecule has 1 amide bonds. The molecule has 0 bridgehead atoms. The highest BCUT2D eigenvalue weighted by molar-refractivity contribution is 7.92. The zero-order valence-corrected chi connectivity index (χ0v) is 36.6. The number of fused-ring (bicyclic) bond motifs is 2. The van der Waals surface area contributed by atoms with Crippen LogP contribution in [0.1, 0.15) is 48.9 Å². The van der Waals surface area contributed by atoms with E-state index in [1.54, 1.807) is 20.3 Å². The molecule has 2 aliphatic heterocycles. The summed E-state index contributed by atoms with van der Waals surface area (Å²) in [6, 6.07) is 31.6. The lowest BCUT2D eigenvalue weighted by Gasteiger charge is -2.25. The van der Waals surface area contributed by atoms with Gasteiger partial charge < -0.3 is 19.3 Å². The maximum Gasteiger partial charge on any atom is 0.229 e. The minimum atomic E-state index is -3.30.